The number of carbonyl (C=O) groups excluding carboxylic acids is 1. The first-order valence-electron chi connectivity index (χ1n) is 8.52. The smallest absolute Gasteiger partial charge is 0.251 e. The van der Waals surface area contributed by atoms with E-state index in [1.165, 1.54) is 0 Å². The number of fused-ring (bicyclic) bond motifs is 1. The lowest BCUT2D eigenvalue weighted by Gasteiger charge is -2.34. The summed E-state index contributed by atoms with van der Waals surface area (Å²) >= 11 is 0. The molecule has 0 aromatic carbocycles. The molecule has 0 N–H and O–H groups in total. The number of rotatable bonds is 2. The van der Waals surface area contributed by atoms with E-state index in [1.54, 1.807) is 10.7 Å². The van der Waals surface area contributed by atoms with Crippen molar-refractivity contribution in [3.63, 3.8) is 0 Å². The number of ether oxygens (including phenoxy) is 1. The van der Waals surface area contributed by atoms with Crippen LogP contribution in [0.2, 0.25) is 0 Å². The Morgan fingerprint density at radius 2 is 2.04 bits per heavy atom. The van der Waals surface area contributed by atoms with Crippen molar-refractivity contribution in [1.82, 2.24) is 19.5 Å². The van der Waals surface area contributed by atoms with Gasteiger partial charge < -0.3 is 9.64 Å². The second-order valence-electron chi connectivity index (χ2n) is 6.44. The van der Waals surface area contributed by atoms with Gasteiger partial charge in [-0.2, -0.15) is 5.10 Å². The molecule has 4 rings (SSSR count). The standard InChI is InChI=1S/C17H22N4O2/c22-17(15-3-1-2-12-23-15)20-9-5-13(6-10-20)14-7-11-21-16(19-14)4-8-18-21/h4,7-8,11,13,15H,1-3,5-6,9-10,12H2/t15-/m0/s1. The van der Waals surface area contributed by atoms with Crippen molar-refractivity contribution >= 4 is 11.6 Å². The Kier molecular flexibility index (Phi) is 3.99. The van der Waals surface area contributed by atoms with Gasteiger partial charge in [-0.1, -0.05) is 0 Å². The van der Waals surface area contributed by atoms with Gasteiger partial charge in [-0.3, -0.25) is 4.79 Å². The molecule has 6 heteroatoms. The van der Waals surface area contributed by atoms with Crippen LogP contribution in [-0.2, 0) is 9.53 Å². The molecule has 0 spiro atoms. The summed E-state index contributed by atoms with van der Waals surface area (Å²) < 4.78 is 7.41. The number of piperidine rings is 1. The topological polar surface area (TPSA) is 59.7 Å². The third kappa shape index (κ3) is 2.95. The first kappa shape index (κ1) is 14.6. The van der Waals surface area contributed by atoms with Crippen LogP contribution in [0.25, 0.3) is 5.65 Å². The van der Waals surface area contributed by atoms with Crippen molar-refractivity contribution < 1.29 is 9.53 Å². The molecule has 2 aromatic rings. The molecule has 2 saturated heterocycles. The minimum absolute atomic E-state index is 0.183. The van der Waals surface area contributed by atoms with Gasteiger partial charge in [0.1, 0.15) is 6.10 Å². The summed E-state index contributed by atoms with van der Waals surface area (Å²) in [7, 11) is 0. The number of likely N-dealkylation sites (tertiary alicyclic amines) is 1. The predicted octanol–water partition coefficient (Wildman–Crippen LogP) is 2.00. The molecule has 4 heterocycles. The van der Waals surface area contributed by atoms with Crippen molar-refractivity contribution in [3.05, 3.63) is 30.2 Å². The van der Waals surface area contributed by atoms with Gasteiger partial charge in [0, 0.05) is 43.6 Å². The largest absolute Gasteiger partial charge is 0.368 e. The first-order chi connectivity index (χ1) is 11.3. The van der Waals surface area contributed by atoms with Crippen molar-refractivity contribution in [2.75, 3.05) is 19.7 Å². The summed E-state index contributed by atoms with van der Waals surface area (Å²) in [6.45, 7) is 2.33. The van der Waals surface area contributed by atoms with E-state index in [2.05, 4.69) is 5.10 Å². The summed E-state index contributed by atoms with van der Waals surface area (Å²) in [5, 5.41) is 4.18. The number of hydrogen-bond donors (Lipinski definition) is 0. The van der Waals surface area contributed by atoms with Crippen LogP contribution in [0.4, 0.5) is 0 Å². The highest BCUT2D eigenvalue weighted by Crippen LogP contribution is 2.28. The van der Waals surface area contributed by atoms with Crippen LogP contribution < -0.4 is 0 Å². The van der Waals surface area contributed by atoms with Gasteiger partial charge in [0.2, 0.25) is 0 Å². The number of nitrogens with zero attached hydrogens (tertiary/aromatic N) is 4. The molecule has 23 heavy (non-hydrogen) atoms. The van der Waals surface area contributed by atoms with Gasteiger partial charge >= 0.3 is 0 Å². The van der Waals surface area contributed by atoms with Crippen molar-refractivity contribution in [1.29, 1.82) is 0 Å². The Balaban J connectivity index is 1.39. The highest BCUT2D eigenvalue weighted by molar-refractivity contribution is 5.81. The van der Waals surface area contributed by atoms with Crippen LogP contribution in [0.5, 0.6) is 0 Å². The lowest BCUT2D eigenvalue weighted by atomic mass is 9.93. The Bertz CT molecular complexity index is 685. The zero-order chi connectivity index (χ0) is 15.6. The molecular formula is C17H22N4O2. The van der Waals surface area contributed by atoms with Crippen LogP contribution in [0.15, 0.2) is 24.5 Å². The minimum atomic E-state index is -0.207. The number of aromatic nitrogens is 3. The summed E-state index contributed by atoms with van der Waals surface area (Å²) in [6.07, 6.45) is 8.50. The number of amides is 1. The molecular weight excluding hydrogens is 292 g/mol. The Morgan fingerprint density at radius 1 is 1.17 bits per heavy atom. The van der Waals surface area contributed by atoms with Gasteiger partial charge in [-0.15, -0.1) is 0 Å². The highest BCUT2D eigenvalue weighted by Gasteiger charge is 2.30. The lowest BCUT2D eigenvalue weighted by Crippen LogP contribution is -2.45. The second kappa shape index (κ2) is 6.28. The maximum atomic E-state index is 12.5. The van der Waals surface area contributed by atoms with E-state index in [0.29, 0.717) is 5.92 Å². The molecule has 0 saturated carbocycles. The molecule has 1 atom stereocenters. The van der Waals surface area contributed by atoms with E-state index >= 15 is 0 Å². The highest BCUT2D eigenvalue weighted by atomic mass is 16.5. The molecule has 0 radical (unpaired) electrons. The van der Waals surface area contributed by atoms with Crippen LogP contribution in [0, 0.1) is 0 Å². The molecule has 2 fully saturated rings. The zero-order valence-corrected chi connectivity index (χ0v) is 13.2. The van der Waals surface area contributed by atoms with Crippen molar-refractivity contribution in [2.24, 2.45) is 0 Å². The van der Waals surface area contributed by atoms with Crippen molar-refractivity contribution in [2.45, 2.75) is 44.1 Å². The van der Waals surface area contributed by atoms with Gasteiger partial charge in [-0.25, -0.2) is 9.50 Å². The third-order valence-electron chi connectivity index (χ3n) is 4.96. The summed E-state index contributed by atoms with van der Waals surface area (Å²) in [6, 6.07) is 3.97. The van der Waals surface area contributed by atoms with Crippen LogP contribution >= 0.6 is 0 Å². The average molecular weight is 314 g/mol. The summed E-state index contributed by atoms with van der Waals surface area (Å²) in [5.74, 6) is 0.605. The lowest BCUT2D eigenvalue weighted by molar-refractivity contribution is -0.147. The molecule has 0 unspecified atom stereocenters. The third-order valence-corrected chi connectivity index (χ3v) is 4.96. The van der Waals surface area contributed by atoms with E-state index in [9.17, 15) is 4.79 Å². The Hall–Kier alpha value is -1.95. The summed E-state index contributed by atoms with van der Waals surface area (Å²) in [5.41, 5.74) is 2.00. The molecule has 0 aliphatic carbocycles. The monoisotopic (exact) mass is 314 g/mol. The second-order valence-corrected chi connectivity index (χ2v) is 6.44. The normalized spacial score (nSPS) is 23.3. The maximum absolute atomic E-state index is 12.5. The zero-order valence-electron chi connectivity index (χ0n) is 13.2. The van der Waals surface area contributed by atoms with E-state index < -0.39 is 0 Å². The fourth-order valence-corrected chi connectivity index (χ4v) is 3.59. The fraction of sp³-hybridized carbons (Fsp3) is 0.588. The molecule has 0 bridgehead atoms. The van der Waals surface area contributed by atoms with Crippen LogP contribution in [-0.4, -0.2) is 51.2 Å². The molecule has 2 aromatic heterocycles. The number of carbonyl (C=O) groups is 1. The summed E-state index contributed by atoms with van der Waals surface area (Å²) in [4.78, 5) is 19.2. The predicted molar refractivity (Wildman–Crippen MR) is 85.1 cm³/mol. The number of hydrogen-bond acceptors (Lipinski definition) is 4. The van der Waals surface area contributed by atoms with E-state index in [0.717, 1.165) is 63.1 Å². The SMILES string of the molecule is O=C([C@@H]1CCCCO1)N1CCC(c2ccn3nccc3n2)CC1. The van der Waals surface area contributed by atoms with E-state index in [4.69, 9.17) is 9.72 Å². The van der Waals surface area contributed by atoms with E-state index in [-0.39, 0.29) is 12.0 Å². The fourth-order valence-electron chi connectivity index (χ4n) is 3.59. The molecule has 2 aliphatic heterocycles. The first-order valence-corrected chi connectivity index (χ1v) is 8.52. The molecule has 2 aliphatic rings. The molecule has 1 amide bonds. The van der Waals surface area contributed by atoms with Gasteiger partial charge in [0.25, 0.3) is 5.91 Å². The van der Waals surface area contributed by atoms with Gasteiger partial charge in [-0.05, 0) is 38.2 Å². The Labute approximate surface area is 135 Å². The van der Waals surface area contributed by atoms with Crippen LogP contribution in [0.3, 0.4) is 0 Å². The van der Waals surface area contributed by atoms with Crippen molar-refractivity contribution in [3.8, 4) is 0 Å². The maximum Gasteiger partial charge on any atom is 0.251 e. The molecule has 6 nitrogen and oxygen atoms in total. The minimum Gasteiger partial charge on any atom is -0.368 e. The quantitative estimate of drug-likeness (QED) is 0.851. The molecule has 122 valence electrons. The van der Waals surface area contributed by atoms with Gasteiger partial charge in [0.15, 0.2) is 5.65 Å². The van der Waals surface area contributed by atoms with E-state index in [1.807, 2.05) is 23.2 Å². The van der Waals surface area contributed by atoms with Crippen LogP contribution in [0.1, 0.15) is 43.7 Å². The van der Waals surface area contributed by atoms with Gasteiger partial charge in [0.05, 0.1) is 6.20 Å². The average Bonchev–Trinajstić information content (AvgIpc) is 3.10. The Morgan fingerprint density at radius 3 is 2.83 bits per heavy atom.